The van der Waals surface area contributed by atoms with Gasteiger partial charge in [0.05, 0.1) is 29.2 Å². The number of hydrogen-bond donors (Lipinski definition) is 2. The number of aromatic nitrogens is 5. The first kappa shape index (κ1) is 25.5. The van der Waals surface area contributed by atoms with Gasteiger partial charge in [-0.15, -0.1) is 0 Å². The highest BCUT2D eigenvalue weighted by atomic mass is 32.2. The zero-order chi connectivity index (χ0) is 27.1. The summed E-state index contributed by atoms with van der Waals surface area (Å²) >= 11 is 0. The van der Waals surface area contributed by atoms with E-state index < -0.39 is 33.3 Å². The maximum absolute atomic E-state index is 14.9. The molecule has 196 valence electrons. The van der Waals surface area contributed by atoms with Gasteiger partial charge in [-0.3, -0.25) is 9.40 Å². The second-order valence-corrected chi connectivity index (χ2v) is 10.7. The van der Waals surface area contributed by atoms with Gasteiger partial charge in [0.1, 0.15) is 29.9 Å². The first-order chi connectivity index (χ1) is 18.1. The van der Waals surface area contributed by atoms with Crippen molar-refractivity contribution >= 4 is 26.6 Å². The van der Waals surface area contributed by atoms with E-state index in [4.69, 9.17) is 0 Å². The van der Waals surface area contributed by atoms with E-state index in [1.807, 2.05) is 0 Å². The number of sulfonamides is 1. The van der Waals surface area contributed by atoms with Gasteiger partial charge in [0, 0.05) is 22.7 Å². The molecule has 2 atom stereocenters. The number of benzene rings is 3. The molecule has 2 N–H and O–H groups in total. The minimum atomic E-state index is -3.82. The summed E-state index contributed by atoms with van der Waals surface area (Å²) in [6.45, 7) is 3.18. The van der Waals surface area contributed by atoms with Gasteiger partial charge in [0.2, 0.25) is 0 Å². The number of fused-ring (bicyclic) bond motifs is 1. The molecule has 2 heterocycles. The molecule has 0 radical (unpaired) electrons. The van der Waals surface area contributed by atoms with Crippen LogP contribution in [0.15, 0.2) is 84.4 Å². The predicted octanol–water partition coefficient (Wildman–Crippen LogP) is 4.16. The van der Waals surface area contributed by atoms with Gasteiger partial charge < -0.3 is 5.11 Å². The number of aliphatic hydroxyl groups is 1. The Balaban J connectivity index is 1.52. The maximum Gasteiger partial charge on any atom is 0.262 e. The van der Waals surface area contributed by atoms with Crippen molar-refractivity contribution in [3.63, 3.8) is 0 Å². The average molecular weight is 539 g/mol. The van der Waals surface area contributed by atoms with Crippen molar-refractivity contribution < 1.29 is 22.3 Å². The molecular weight excluding hydrogens is 514 g/mol. The molecule has 0 spiro atoms. The van der Waals surface area contributed by atoms with Crippen LogP contribution >= 0.6 is 0 Å². The van der Waals surface area contributed by atoms with Crippen LogP contribution in [-0.4, -0.2) is 38.1 Å². The summed E-state index contributed by atoms with van der Waals surface area (Å²) in [4.78, 5) is 4.05. The summed E-state index contributed by atoms with van der Waals surface area (Å²) in [6.07, 6.45) is 4.19. The van der Waals surface area contributed by atoms with E-state index in [0.29, 0.717) is 28.2 Å². The second-order valence-electron chi connectivity index (χ2n) is 9.05. The van der Waals surface area contributed by atoms with Gasteiger partial charge in [-0.2, -0.15) is 10.2 Å². The fourth-order valence-electron chi connectivity index (χ4n) is 4.54. The summed E-state index contributed by atoms with van der Waals surface area (Å²) < 4.78 is 59.9. The van der Waals surface area contributed by atoms with Crippen LogP contribution in [0.5, 0.6) is 0 Å². The van der Waals surface area contributed by atoms with Crippen molar-refractivity contribution in [2.45, 2.75) is 36.9 Å². The third kappa shape index (κ3) is 4.63. The summed E-state index contributed by atoms with van der Waals surface area (Å²) in [6, 6.07) is 13.6. The van der Waals surface area contributed by atoms with Crippen molar-refractivity contribution in [2.75, 3.05) is 4.72 Å². The smallest absolute Gasteiger partial charge is 0.262 e. The van der Waals surface area contributed by atoms with Gasteiger partial charge >= 0.3 is 0 Å². The Morgan fingerprint density at radius 1 is 1.08 bits per heavy atom. The number of nitrogens with one attached hydrogen (secondary N) is 1. The summed E-state index contributed by atoms with van der Waals surface area (Å²) in [7, 11) is -3.82. The molecule has 38 heavy (non-hydrogen) atoms. The number of rotatable bonds is 8. The summed E-state index contributed by atoms with van der Waals surface area (Å²) in [5, 5.41) is 20.9. The van der Waals surface area contributed by atoms with E-state index in [0.717, 1.165) is 6.07 Å². The van der Waals surface area contributed by atoms with E-state index >= 15 is 0 Å². The van der Waals surface area contributed by atoms with E-state index in [1.165, 1.54) is 40.3 Å². The molecule has 0 aliphatic heterocycles. The third-order valence-electron chi connectivity index (χ3n) is 6.56. The first-order valence-electron chi connectivity index (χ1n) is 11.6. The molecule has 0 saturated heterocycles. The number of nitrogens with zero attached hydrogens (tertiary/aromatic N) is 5. The van der Waals surface area contributed by atoms with Crippen LogP contribution in [0.3, 0.4) is 0 Å². The Morgan fingerprint density at radius 2 is 1.87 bits per heavy atom. The third-order valence-corrected chi connectivity index (χ3v) is 8.10. The normalized spacial score (nSPS) is 14.3. The molecule has 0 bridgehead atoms. The van der Waals surface area contributed by atoms with Crippen LogP contribution in [0.2, 0.25) is 0 Å². The molecule has 2 aromatic heterocycles. The largest absolute Gasteiger partial charge is 0.381 e. The second kappa shape index (κ2) is 9.62. The molecule has 9 nitrogen and oxygen atoms in total. The predicted molar refractivity (Wildman–Crippen MR) is 137 cm³/mol. The highest BCUT2D eigenvalue weighted by Crippen LogP contribution is 2.38. The van der Waals surface area contributed by atoms with Crippen molar-refractivity contribution in [3.05, 3.63) is 102 Å². The molecule has 0 aliphatic rings. The van der Waals surface area contributed by atoms with Crippen molar-refractivity contribution in [2.24, 2.45) is 0 Å². The number of aryl methyl sites for hydroxylation is 1. The van der Waals surface area contributed by atoms with Crippen molar-refractivity contribution in [1.29, 1.82) is 0 Å². The molecule has 0 fully saturated rings. The lowest BCUT2D eigenvalue weighted by Crippen LogP contribution is -2.41. The quantitative estimate of drug-likeness (QED) is 0.307. The highest BCUT2D eigenvalue weighted by Gasteiger charge is 2.41. The van der Waals surface area contributed by atoms with Crippen LogP contribution in [0, 0.1) is 18.6 Å². The molecule has 0 unspecified atom stereocenters. The lowest BCUT2D eigenvalue weighted by Gasteiger charge is -2.35. The Kier molecular flexibility index (Phi) is 6.45. The monoisotopic (exact) mass is 538 g/mol. The fourth-order valence-corrected chi connectivity index (χ4v) is 5.84. The number of hydrogen-bond acceptors (Lipinski definition) is 6. The van der Waals surface area contributed by atoms with Crippen LogP contribution in [0.4, 0.5) is 14.5 Å². The number of anilines is 1. The fraction of sp³-hybridized carbons (Fsp3) is 0.192. The van der Waals surface area contributed by atoms with Gasteiger partial charge in [0.15, 0.2) is 0 Å². The van der Waals surface area contributed by atoms with E-state index in [1.54, 1.807) is 50.2 Å². The molecular formula is C26H24F2N6O3S. The molecule has 0 aliphatic carbocycles. The van der Waals surface area contributed by atoms with Crippen molar-refractivity contribution in [1.82, 2.24) is 24.5 Å². The zero-order valence-electron chi connectivity index (χ0n) is 20.5. The van der Waals surface area contributed by atoms with Crippen molar-refractivity contribution in [3.8, 4) is 0 Å². The van der Waals surface area contributed by atoms with Gasteiger partial charge in [0.25, 0.3) is 10.0 Å². The Morgan fingerprint density at radius 3 is 2.58 bits per heavy atom. The Bertz CT molecular complexity index is 1720. The zero-order valence-corrected chi connectivity index (χ0v) is 21.3. The van der Waals surface area contributed by atoms with Crippen LogP contribution in [0.1, 0.15) is 24.1 Å². The average Bonchev–Trinajstić information content (AvgIpc) is 3.53. The lowest BCUT2D eigenvalue weighted by atomic mass is 9.86. The van der Waals surface area contributed by atoms with E-state index in [9.17, 15) is 22.3 Å². The molecule has 12 heteroatoms. The topological polar surface area (TPSA) is 115 Å². The standard InChI is InChI=1S/C26H24F2N6O3S/c1-17-5-3-4-6-25(17)38(36,37)32-21-8-10-24-19(11-21)13-30-34(24)18(2)26(35,14-33-16-29-15-31-33)22-9-7-20(27)12-23(22)28/h3-13,15-16,18,32,35H,14H2,1-2H3/t18-,26-/m1/s1. The van der Waals surface area contributed by atoms with Gasteiger partial charge in [-0.25, -0.2) is 26.9 Å². The van der Waals surface area contributed by atoms with Gasteiger partial charge in [-0.1, -0.05) is 24.3 Å². The molecule has 0 saturated carbocycles. The SMILES string of the molecule is Cc1ccccc1S(=O)(=O)Nc1ccc2c(cnn2[C@H](C)[C@](O)(Cn2cncn2)c2ccc(F)cc2F)c1. The molecule has 3 aromatic carbocycles. The van der Waals surface area contributed by atoms with E-state index in [2.05, 4.69) is 19.9 Å². The molecule has 5 aromatic rings. The minimum absolute atomic E-state index is 0.131. The highest BCUT2D eigenvalue weighted by molar-refractivity contribution is 7.92. The molecule has 5 rings (SSSR count). The van der Waals surface area contributed by atoms with Crippen LogP contribution in [0.25, 0.3) is 10.9 Å². The first-order valence-corrected chi connectivity index (χ1v) is 13.1. The van der Waals surface area contributed by atoms with Gasteiger partial charge in [-0.05, 0) is 49.7 Å². The summed E-state index contributed by atoms with van der Waals surface area (Å²) in [5.74, 6) is -1.68. The van der Waals surface area contributed by atoms with E-state index in [-0.39, 0.29) is 17.0 Å². The lowest BCUT2D eigenvalue weighted by molar-refractivity contribution is -0.0354. The van der Waals surface area contributed by atoms with Crippen LogP contribution < -0.4 is 4.72 Å². The maximum atomic E-state index is 14.9. The Hall–Kier alpha value is -4.16. The minimum Gasteiger partial charge on any atom is -0.381 e. The molecule has 0 amide bonds. The number of halogens is 2. The Labute approximate surface area is 217 Å². The summed E-state index contributed by atoms with van der Waals surface area (Å²) in [5.41, 5.74) is -0.530. The van der Waals surface area contributed by atoms with Crippen LogP contribution in [-0.2, 0) is 22.2 Å².